The number of nitrogens with one attached hydrogen (secondary N) is 1. The highest BCUT2D eigenvalue weighted by Gasteiger charge is 2.48. The molecule has 7 heteroatoms. The summed E-state index contributed by atoms with van der Waals surface area (Å²) in [6.45, 7) is 7.22. The number of hydrogen-bond acceptors (Lipinski definition) is 4. The Morgan fingerprint density at radius 1 is 0.923 bits per heavy atom. The first kappa shape index (κ1) is 26.8. The van der Waals surface area contributed by atoms with E-state index in [-0.39, 0.29) is 35.6 Å². The molecule has 2 unspecified atom stereocenters. The van der Waals surface area contributed by atoms with Crippen LogP contribution in [-0.4, -0.2) is 40.6 Å². The number of fused-ring (bicyclic) bond motifs is 1. The fourth-order valence-corrected chi connectivity index (χ4v) is 6.42. The number of benzene rings is 3. The molecule has 2 aliphatic rings. The second-order valence-corrected chi connectivity index (χ2v) is 11.3. The number of hydrogen-bond donors (Lipinski definition) is 1. The molecule has 0 radical (unpaired) electrons. The number of carbonyl (C=O) groups excluding carboxylic acids is 3. The highest BCUT2D eigenvalue weighted by molar-refractivity contribution is 8.03. The van der Waals surface area contributed by atoms with E-state index >= 15 is 0 Å². The molecule has 4 amide bonds. The number of anilines is 1. The Balaban J connectivity index is 1.28. The van der Waals surface area contributed by atoms with Crippen LogP contribution >= 0.6 is 11.8 Å². The van der Waals surface area contributed by atoms with Gasteiger partial charge in [-0.15, -0.1) is 11.8 Å². The molecular formula is C32H33N3O3S. The third-order valence-electron chi connectivity index (χ3n) is 7.38. The van der Waals surface area contributed by atoms with E-state index in [4.69, 9.17) is 0 Å². The number of amides is 4. The first-order valence-electron chi connectivity index (χ1n) is 13.2. The summed E-state index contributed by atoms with van der Waals surface area (Å²) in [6, 6.07) is 20.9. The Bertz CT molecular complexity index is 1400. The van der Waals surface area contributed by atoms with Crippen LogP contribution in [0.3, 0.4) is 0 Å². The van der Waals surface area contributed by atoms with Crippen molar-refractivity contribution in [2.45, 2.75) is 51.4 Å². The zero-order chi connectivity index (χ0) is 27.5. The molecule has 39 heavy (non-hydrogen) atoms. The Morgan fingerprint density at radius 3 is 2.31 bits per heavy atom. The third-order valence-corrected chi connectivity index (χ3v) is 8.47. The Hall–Kier alpha value is -3.84. The highest BCUT2D eigenvalue weighted by Crippen LogP contribution is 2.37. The van der Waals surface area contributed by atoms with Crippen molar-refractivity contribution in [2.24, 2.45) is 0 Å². The summed E-state index contributed by atoms with van der Waals surface area (Å²) in [4.78, 5) is 42.8. The van der Waals surface area contributed by atoms with Crippen LogP contribution in [0.4, 0.5) is 10.5 Å². The number of rotatable bonds is 8. The van der Waals surface area contributed by atoms with Crippen LogP contribution in [0, 0.1) is 20.8 Å². The van der Waals surface area contributed by atoms with Crippen LogP contribution < -0.4 is 10.2 Å². The summed E-state index contributed by atoms with van der Waals surface area (Å²) in [7, 11) is 0. The molecule has 3 aromatic rings. The van der Waals surface area contributed by atoms with Gasteiger partial charge >= 0.3 is 6.03 Å². The number of nitrogens with zero attached hydrogens (tertiary/aromatic N) is 2. The predicted molar refractivity (Wildman–Crippen MR) is 157 cm³/mol. The van der Waals surface area contributed by atoms with Gasteiger partial charge in [-0.25, -0.2) is 9.69 Å². The second-order valence-electron chi connectivity index (χ2n) is 10.3. The Morgan fingerprint density at radius 2 is 1.62 bits per heavy atom. The van der Waals surface area contributed by atoms with Crippen molar-refractivity contribution in [2.75, 3.05) is 11.4 Å². The molecule has 0 aliphatic carbocycles. The van der Waals surface area contributed by atoms with Gasteiger partial charge in [-0.05, 0) is 72.6 Å². The van der Waals surface area contributed by atoms with Gasteiger partial charge in [0.05, 0.1) is 18.2 Å². The minimum absolute atomic E-state index is 0.0601. The minimum Gasteiger partial charge on any atom is -0.355 e. The first-order chi connectivity index (χ1) is 18.8. The summed E-state index contributed by atoms with van der Waals surface area (Å²) in [5.41, 5.74) is 7.10. The van der Waals surface area contributed by atoms with Gasteiger partial charge in [-0.3, -0.25) is 9.59 Å². The largest absolute Gasteiger partial charge is 0.355 e. The SMILES string of the molecule is Cc1cc(C)c(CN2C(=O)N(c3ccc(CC(=O)NCCc4ccccc4)cc3)C(=O)C3SC=CC32)c(C)c1. The van der Waals surface area contributed by atoms with E-state index in [0.717, 1.165) is 28.7 Å². The molecular weight excluding hydrogens is 506 g/mol. The van der Waals surface area contributed by atoms with Crippen molar-refractivity contribution < 1.29 is 14.4 Å². The van der Waals surface area contributed by atoms with E-state index in [1.807, 2.05) is 53.9 Å². The van der Waals surface area contributed by atoms with E-state index in [9.17, 15) is 14.4 Å². The predicted octanol–water partition coefficient (Wildman–Crippen LogP) is 5.48. The number of imide groups is 1. The van der Waals surface area contributed by atoms with Gasteiger partial charge in [0.25, 0.3) is 5.91 Å². The summed E-state index contributed by atoms with van der Waals surface area (Å²) >= 11 is 1.46. The normalized spacial score (nSPS) is 18.4. The topological polar surface area (TPSA) is 69.7 Å². The van der Waals surface area contributed by atoms with Crippen molar-refractivity contribution in [3.8, 4) is 0 Å². The molecule has 2 aliphatic heterocycles. The van der Waals surface area contributed by atoms with Crippen LogP contribution in [0.15, 0.2) is 78.2 Å². The average Bonchev–Trinajstić information content (AvgIpc) is 3.40. The van der Waals surface area contributed by atoms with Gasteiger partial charge in [0.15, 0.2) is 0 Å². The van der Waals surface area contributed by atoms with Crippen molar-refractivity contribution in [1.29, 1.82) is 0 Å². The maximum Gasteiger partial charge on any atom is 0.332 e. The summed E-state index contributed by atoms with van der Waals surface area (Å²) in [5, 5.41) is 4.51. The maximum absolute atomic E-state index is 13.8. The van der Waals surface area contributed by atoms with Crippen LogP contribution in [-0.2, 0) is 29.0 Å². The van der Waals surface area contributed by atoms with Gasteiger partial charge in [0.1, 0.15) is 5.25 Å². The Kier molecular flexibility index (Phi) is 7.89. The smallest absolute Gasteiger partial charge is 0.332 e. The van der Waals surface area contributed by atoms with E-state index in [1.54, 1.807) is 17.0 Å². The van der Waals surface area contributed by atoms with Crippen LogP contribution in [0.25, 0.3) is 0 Å². The maximum atomic E-state index is 13.8. The van der Waals surface area contributed by atoms with Crippen LogP contribution in [0.1, 0.15) is 33.4 Å². The van der Waals surface area contributed by atoms with E-state index < -0.39 is 0 Å². The van der Waals surface area contributed by atoms with E-state index in [2.05, 4.69) is 38.2 Å². The number of carbonyl (C=O) groups is 3. The summed E-state index contributed by atoms with van der Waals surface area (Å²) in [6.07, 6.45) is 2.97. The van der Waals surface area contributed by atoms with Gasteiger partial charge in [0, 0.05) is 13.1 Å². The molecule has 200 valence electrons. The van der Waals surface area contributed by atoms with E-state index in [0.29, 0.717) is 18.8 Å². The standard InChI is InChI=1S/C32H33N3O3S/c1-21-17-22(2)27(23(3)18-21)20-34-28-14-16-39-30(28)31(37)35(32(34)38)26-11-9-25(10-12-26)19-29(36)33-15-13-24-7-5-4-6-8-24/h4-12,14,16-18,28,30H,13,15,19-20H2,1-3H3,(H,33,36). The highest BCUT2D eigenvalue weighted by atomic mass is 32.2. The lowest BCUT2D eigenvalue weighted by molar-refractivity contribution is -0.120. The lowest BCUT2D eigenvalue weighted by Gasteiger charge is -2.41. The molecule has 1 saturated heterocycles. The molecule has 5 rings (SSSR count). The fourth-order valence-electron chi connectivity index (χ4n) is 5.38. The first-order valence-corrected chi connectivity index (χ1v) is 14.2. The van der Waals surface area contributed by atoms with Crippen LogP contribution in [0.5, 0.6) is 0 Å². The third kappa shape index (κ3) is 5.78. The van der Waals surface area contributed by atoms with Gasteiger partial charge in [-0.1, -0.05) is 66.2 Å². The summed E-state index contributed by atoms with van der Waals surface area (Å²) < 4.78 is 0. The molecule has 1 fully saturated rings. The van der Waals surface area contributed by atoms with Crippen molar-refractivity contribution >= 4 is 35.3 Å². The monoisotopic (exact) mass is 539 g/mol. The zero-order valence-electron chi connectivity index (χ0n) is 22.5. The molecule has 2 atom stereocenters. The molecule has 0 saturated carbocycles. The van der Waals surface area contributed by atoms with Gasteiger partial charge in [-0.2, -0.15) is 0 Å². The Labute approximate surface area is 234 Å². The number of aryl methyl sites for hydroxylation is 3. The number of thioether (sulfide) groups is 1. The molecule has 3 aromatic carbocycles. The quantitative estimate of drug-likeness (QED) is 0.412. The molecule has 0 bridgehead atoms. The lowest BCUT2D eigenvalue weighted by Crippen LogP contribution is -2.61. The summed E-state index contributed by atoms with van der Waals surface area (Å²) in [5.74, 6) is -0.268. The lowest BCUT2D eigenvalue weighted by atomic mass is 9.98. The molecule has 6 nitrogen and oxygen atoms in total. The van der Waals surface area contributed by atoms with Crippen molar-refractivity contribution in [3.05, 3.63) is 112 Å². The average molecular weight is 540 g/mol. The fraction of sp³-hybridized carbons (Fsp3) is 0.281. The second kappa shape index (κ2) is 11.5. The molecule has 1 N–H and O–H groups in total. The molecule has 0 aromatic heterocycles. The molecule has 0 spiro atoms. The van der Waals surface area contributed by atoms with Crippen LogP contribution in [0.2, 0.25) is 0 Å². The molecule has 2 heterocycles. The zero-order valence-corrected chi connectivity index (χ0v) is 23.3. The van der Waals surface area contributed by atoms with Gasteiger partial charge < -0.3 is 10.2 Å². The van der Waals surface area contributed by atoms with Crippen molar-refractivity contribution in [1.82, 2.24) is 10.2 Å². The van der Waals surface area contributed by atoms with Crippen molar-refractivity contribution in [3.63, 3.8) is 0 Å². The van der Waals surface area contributed by atoms with E-state index in [1.165, 1.54) is 27.8 Å². The number of urea groups is 1. The minimum atomic E-state index is -0.371. The van der Waals surface area contributed by atoms with Gasteiger partial charge in [0.2, 0.25) is 5.91 Å².